The molecule has 20 heavy (non-hydrogen) atoms. The highest BCUT2D eigenvalue weighted by molar-refractivity contribution is 6.35. The fourth-order valence-electron chi connectivity index (χ4n) is 1.89. The highest BCUT2D eigenvalue weighted by atomic mass is 35.5. The van der Waals surface area contributed by atoms with Crippen LogP contribution in [0.25, 0.3) is 0 Å². The van der Waals surface area contributed by atoms with E-state index in [4.69, 9.17) is 23.2 Å². The Balaban J connectivity index is 2.28. The molecule has 0 heterocycles. The fraction of sp³-hybridized carbons (Fsp3) is 0.133. The first kappa shape index (κ1) is 14.7. The third-order valence-corrected chi connectivity index (χ3v) is 3.25. The zero-order chi connectivity index (χ0) is 14.7. The van der Waals surface area contributed by atoms with E-state index in [9.17, 15) is 4.79 Å². The van der Waals surface area contributed by atoms with Crippen LogP contribution in [0.3, 0.4) is 0 Å². The second-order valence-electron chi connectivity index (χ2n) is 4.41. The standard InChI is InChI=1S/C15H14Cl2N2O/c1-9-3-4-13(14(5-9)18-2)15(20)19-12-7-10(16)6-11(17)8-12/h3-8,18H,1-2H3,(H,19,20). The molecule has 0 aliphatic carbocycles. The Morgan fingerprint density at radius 3 is 2.30 bits per heavy atom. The Kier molecular flexibility index (Phi) is 4.53. The molecule has 0 saturated carbocycles. The predicted octanol–water partition coefficient (Wildman–Crippen LogP) is 4.60. The molecule has 0 radical (unpaired) electrons. The SMILES string of the molecule is CNc1cc(C)ccc1C(=O)Nc1cc(Cl)cc(Cl)c1. The summed E-state index contributed by atoms with van der Waals surface area (Å²) in [4.78, 5) is 12.3. The molecule has 0 bridgehead atoms. The van der Waals surface area contributed by atoms with Crippen molar-refractivity contribution in [1.29, 1.82) is 0 Å². The van der Waals surface area contributed by atoms with Crippen molar-refractivity contribution < 1.29 is 4.79 Å². The average molecular weight is 309 g/mol. The number of carbonyl (C=O) groups excluding carboxylic acids is 1. The monoisotopic (exact) mass is 308 g/mol. The van der Waals surface area contributed by atoms with Gasteiger partial charge in [-0.15, -0.1) is 0 Å². The van der Waals surface area contributed by atoms with Gasteiger partial charge in [-0.2, -0.15) is 0 Å². The van der Waals surface area contributed by atoms with Gasteiger partial charge in [0, 0.05) is 28.5 Å². The molecule has 1 amide bonds. The van der Waals surface area contributed by atoms with Gasteiger partial charge in [0.1, 0.15) is 0 Å². The summed E-state index contributed by atoms with van der Waals surface area (Å²) in [6.07, 6.45) is 0. The molecule has 0 saturated heterocycles. The van der Waals surface area contributed by atoms with E-state index in [1.165, 1.54) is 0 Å². The quantitative estimate of drug-likeness (QED) is 0.870. The lowest BCUT2D eigenvalue weighted by Crippen LogP contribution is -2.14. The summed E-state index contributed by atoms with van der Waals surface area (Å²) in [6, 6.07) is 10.5. The van der Waals surface area contributed by atoms with E-state index in [1.54, 1.807) is 31.3 Å². The molecule has 0 aromatic heterocycles. The maximum Gasteiger partial charge on any atom is 0.257 e. The molecule has 0 atom stereocenters. The first-order valence-electron chi connectivity index (χ1n) is 6.05. The Morgan fingerprint density at radius 2 is 1.70 bits per heavy atom. The largest absolute Gasteiger partial charge is 0.387 e. The summed E-state index contributed by atoms with van der Waals surface area (Å²) < 4.78 is 0. The normalized spacial score (nSPS) is 10.2. The number of hydrogen-bond donors (Lipinski definition) is 2. The summed E-state index contributed by atoms with van der Waals surface area (Å²) in [5, 5.41) is 6.75. The summed E-state index contributed by atoms with van der Waals surface area (Å²) in [7, 11) is 1.78. The third-order valence-electron chi connectivity index (χ3n) is 2.81. The number of hydrogen-bond acceptors (Lipinski definition) is 2. The molecule has 0 spiro atoms. The zero-order valence-electron chi connectivity index (χ0n) is 11.1. The average Bonchev–Trinajstić information content (AvgIpc) is 2.37. The number of anilines is 2. The van der Waals surface area contributed by atoms with Gasteiger partial charge in [0.05, 0.1) is 5.56 Å². The molecule has 2 rings (SSSR count). The van der Waals surface area contributed by atoms with Crippen LogP contribution in [0.15, 0.2) is 36.4 Å². The van der Waals surface area contributed by atoms with Crippen LogP contribution in [0.2, 0.25) is 10.0 Å². The van der Waals surface area contributed by atoms with E-state index in [1.807, 2.05) is 19.1 Å². The lowest BCUT2D eigenvalue weighted by atomic mass is 10.1. The van der Waals surface area contributed by atoms with Crippen molar-refractivity contribution in [3.05, 3.63) is 57.6 Å². The van der Waals surface area contributed by atoms with Crippen molar-refractivity contribution in [1.82, 2.24) is 0 Å². The van der Waals surface area contributed by atoms with Crippen LogP contribution in [0.5, 0.6) is 0 Å². The van der Waals surface area contributed by atoms with Gasteiger partial charge in [-0.1, -0.05) is 29.3 Å². The number of amides is 1. The van der Waals surface area contributed by atoms with Crippen LogP contribution >= 0.6 is 23.2 Å². The number of nitrogens with one attached hydrogen (secondary N) is 2. The van der Waals surface area contributed by atoms with Crippen LogP contribution < -0.4 is 10.6 Å². The zero-order valence-corrected chi connectivity index (χ0v) is 12.6. The van der Waals surface area contributed by atoms with E-state index < -0.39 is 0 Å². The van der Waals surface area contributed by atoms with E-state index in [0.29, 0.717) is 21.3 Å². The molecule has 0 unspecified atom stereocenters. The minimum atomic E-state index is -0.215. The van der Waals surface area contributed by atoms with Gasteiger partial charge in [-0.25, -0.2) is 0 Å². The minimum absolute atomic E-state index is 0.215. The van der Waals surface area contributed by atoms with E-state index in [0.717, 1.165) is 11.3 Å². The van der Waals surface area contributed by atoms with Crippen LogP contribution in [0.4, 0.5) is 11.4 Å². The molecule has 5 heteroatoms. The highest BCUT2D eigenvalue weighted by Crippen LogP contribution is 2.24. The number of halogens is 2. The second kappa shape index (κ2) is 6.16. The number of benzene rings is 2. The Morgan fingerprint density at radius 1 is 1.05 bits per heavy atom. The Hall–Kier alpha value is -1.71. The van der Waals surface area contributed by atoms with Crippen molar-refractivity contribution in [3.8, 4) is 0 Å². The van der Waals surface area contributed by atoms with Crippen molar-refractivity contribution in [2.45, 2.75) is 6.92 Å². The summed E-state index contributed by atoms with van der Waals surface area (Å²) in [6.45, 7) is 1.97. The lowest BCUT2D eigenvalue weighted by Gasteiger charge is -2.11. The molecule has 0 fully saturated rings. The first-order chi connectivity index (χ1) is 9.49. The van der Waals surface area contributed by atoms with Crippen LogP contribution in [0, 0.1) is 6.92 Å². The molecular weight excluding hydrogens is 295 g/mol. The number of rotatable bonds is 3. The van der Waals surface area contributed by atoms with Crippen molar-refractivity contribution in [3.63, 3.8) is 0 Å². The summed E-state index contributed by atoms with van der Waals surface area (Å²) >= 11 is 11.8. The van der Waals surface area contributed by atoms with Gasteiger partial charge in [-0.05, 0) is 42.8 Å². The van der Waals surface area contributed by atoms with Crippen molar-refractivity contribution in [2.24, 2.45) is 0 Å². The van der Waals surface area contributed by atoms with Gasteiger partial charge in [0.15, 0.2) is 0 Å². The summed E-state index contributed by atoms with van der Waals surface area (Å²) in [5.41, 5.74) is 2.98. The molecule has 2 aromatic carbocycles. The lowest BCUT2D eigenvalue weighted by molar-refractivity contribution is 0.102. The molecule has 104 valence electrons. The van der Waals surface area contributed by atoms with Gasteiger partial charge >= 0.3 is 0 Å². The molecule has 0 aliphatic heterocycles. The third kappa shape index (κ3) is 3.44. The maximum absolute atomic E-state index is 12.3. The number of aryl methyl sites for hydroxylation is 1. The van der Waals surface area contributed by atoms with Gasteiger partial charge in [0.25, 0.3) is 5.91 Å². The molecule has 2 N–H and O–H groups in total. The van der Waals surface area contributed by atoms with Gasteiger partial charge in [-0.3, -0.25) is 4.79 Å². The number of carbonyl (C=O) groups is 1. The van der Waals surface area contributed by atoms with Gasteiger partial charge < -0.3 is 10.6 Å². The molecular formula is C15H14Cl2N2O. The second-order valence-corrected chi connectivity index (χ2v) is 5.28. The summed E-state index contributed by atoms with van der Waals surface area (Å²) in [5.74, 6) is -0.215. The first-order valence-corrected chi connectivity index (χ1v) is 6.81. The van der Waals surface area contributed by atoms with E-state index in [2.05, 4.69) is 10.6 Å². The van der Waals surface area contributed by atoms with Crippen LogP contribution in [0.1, 0.15) is 15.9 Å². The van der Waals surface area contributed by atoms with E-state index >= 15 is 0 Å². The van der Waals surface area contributed by atoms with Crippen molar-refractivity contribution >= 4 is 40.5 Å². The highest BCUT2D eigenvalue weighted by Gasteiger charge is 2.11. The molecule has 2 aromatic rings. The van der Waals surface area contributed by atoms with Crippen molar-refractivity contribution in [2.75, 3.05) is 17.7 Å². The van der Waals surface area contributed by atoms with Gasteiger partial charge in [0.2, 0.25) is 0 Å². The van der Waals surface area contributed by atoms with E-state index in [-0.39, 0.29) is 5.91 Å². The molecule has 3 nitrogen and oxygen atoms in total. The Bertz CT molecular complexity index is 636. The minimum Gasteiger partial charge on any atom is -0.387 e. The molecule has 0 aliphatic rings. The maximum atomic E-state index is 12.3. The smallest absolute Gasteiger partial charge is 0.257 e. The van der Waals surface area contributed by atoms with Crippen LogP contribution in [-0.2, 0) is 0 Å². The van der Waals surface area contributed by atoms with Crippen LogP contribution in [-0.4, -0.2) is 13.0 Å². The fourth-order valence-corrected chi connectivity index (χ4v) is 2.41. The predicted molar refractivity (Wildman–Crippen MR) is 85.1 cm³/mol. The topological polar surface area (TPSA) is 41.1 Å². The Labute approximate surface area is 127 Å².